The Morgan fingerprint density at radius 1 is 1.13 bits per heavy atom. The maximum atomic E-state index is 9.67. The van der Waals surface area contributed by atoms with Crippen LogP contribution in [0.2, 0.25) is 5.02 Å². The first-order chi connectivity index (χ1) is 15.0. The molecule has 2 aromatic rings. The molecule has 0 radical (unpaired) electrons. The maximum Gasteiger partial charge on any atom is 0.241 e. The van der Waals surface area contributed by atoms with E-state index in [0.717, 1.165) is 31.6 Å². The van der Waals surface area contributed by atoms with E-state index in [1.807, 2.05) is 24.3 Å². The summed E-state index contributed by atoms with van der Waals surface area (Å²) in [6.45, 7) is 10.7. The lowest BCUT2D eigenvalue weighted by atomic mass is 9.97. The Labute approximate surface area is 190 Å². The summed E-state index contributed by atoms with van der Waals surface area (Å²) in [5.74, 6) is 1.22. The number of aromatic nitrogens is 2. The van der Waals surface area contributed by atoms with Gasteiger partial charge in [-0.3, -0.25) is 9.80 Å². The summed E-state index contributed by atoms with van der Waals surface area (Å²) < 4.78 is 5.52. The van der Waals surface area contributed by atoms with Gasteiger partial charge in [0.25, 0.3) is 0 Å². The molecule has 1 atom stereocenters. The van der Waals surface area contributed by atoms with E-state index in [2.05, 4.69) is 38.7 Å². The Hall–Kier alpha value is -1.51. The molecule has 0 amide bonds. The van der Waals surface area contributed by atoms with Gasteiger partial charge in [-0.1, -0.05) is 16.8 Å². The molecule has 2 fully saturated rings. The molecule has 0 spiro atoms. The van der Waals surface area contributed by atoms with Gasteiger partial charge < -0.3 is 14.5 Å². The molecule has 2 saturated heterocycles. The van der Waals surface area contributed by atoms with Crippen LogP contribution in [0.4, 0.5) is 0 Å². The number of benzene rings is 1. The van der Waals surface area contributed by atoms with Gasteiger partial charge in [0, 0.05) is 55.0 Å². The van der Waals surface area contributed by atoms with Crippen LogP contribution in [0.5, 0.6) is 0 Å². The summed E-state index contributed by atoms with van der Waals surface area (Å²) in [6.07, 6.45) is 3.24. The van der Waals surface area contributed by atoms with Gasteiger partial charge in [0.1, 0.15) is 0 Å². The first kappa shape index (κ1) is 22.7. The fourth-order valence-corrected chi connectivity index (χ4v) is 5.05. The summed E-state index contributed by atoms with van der Waals surface area (Å²) in [5, 5.41) is 14.5. The van der Waals surface area contributed by atoms with E-state index in [9.17, 15) is 5.11 Å². The lowest BCUT2D eigenvalue weighted by Gasteiger charge is -2.47. The number of hydrogen-bond donors (Lipinski definition) is 1. The molecule has 7 nitrogen and oxygen atoms in total. The number of piperazine rings is 1. The Bertz CT molecular complexity index is 820. The SMILES string of the molecule is CC(C)N1CCC(N2CCN(Cc3nc(-c4ccc(Cl)cc4)no3)C[C@H]2CCO)CC1. The summed E-state index contributed by atoms with van der Waals surface area (Å²) in [6, 6.07) is 9.07. The monoisotopic (exact) mass is 447 g/mol. The first-order valence-corrected chi connectivity index (χ1v) is 11.8. The normalized spacial score (nSPS) is 22.4. The minimum absolute atomic E-state index is 0.223. The van der Waals surface area contributed by atoms with E-state index < -0.39 is 0 Å². The smallest absolute Gasteiger partial charge is 0.241 e. The largest absolute Gasteiger partial charge is 0.396 e. The van der Waals surface area contributed by atoms with Crippen molar-refractivity contribution in [3.05, 3.63) is 35.2 Å². The molecule has 2 aliphatic heterocycles. The molecule has 0 bridgehead atoms. The number of aliphatic hydroxyl groups is 1. The second-order valence-corrected chi connectivity index (χ2v) is 9.45. The fourth-order valence-electron chi connectivity index (χ4n) is 4.92. The highest BCUT2D eigenvalue weighted by Gasteiger charge is 2.34. The summed E-state index contributed by atoms with van der Waals surface area (Å²) >= 11 is 5.97. The standard InChI is InChI=1S/C23H34ClN5O2/c1-17(2)28-10-7-20(8-11-28)29-13-12-27(15-21(29)9-14-30)16-22-25-23(26-31-22)18-3-5-19(24)6-4-18/h3-6,17,20-21,30H,7-16H2,1-2H3/t21-/m1/s1. The molecule has 2 aliphatic rings. The zero-order chi connectivity index (χ0) is 21.8. The fraction of sp³-hybridized carbons (Fsp3) is 0.652. The van der Waals surface area contributed by atoms with Crippen molar-refractivity contribution in [1.29, 1.82) is 0 Å². The Morgan fingerprint density at radius 3 is 2.55 bits per heavy atom. The number of likely N-dealkylation sites (tertiary alicyclic amines) is 1. The van der Waals surface area contributed by atoms with Crippen LogP contribution < -0.4 is 0 Å². The van der Waals surface area contributed by atoms with E-state index in [1.165, 1.54) is 25.9 Å². The van der Waals surface area contributed by atoms with Crippen molar-refractivity contribution in [2.24, 2.45) is 0 Å². The van der Waals surface area contributed by atoms with E-state index in [-0.39, 0.29) is 6.61 Å². The number of hydrogen-bond acceptors (Lipinski definition) is 7. The molecule has 4 rings (SSSR count). The predicted octanol–water partition coefficient (Wildman–Crippen LogP) is 3.13. The molecule has 1 aromatic carbocycles. The lowest BCUT2D eigenvalue weighted by Crippen LogP contribution is -2.58. The minimum Gasteiger partial charge on any atom is -0.396 e. The second kappa shape index (κ2) is 10.4. The van der Waals surface area contributed by atoms with E-state index in [4.69, 9.17) is 16.1 Å². The third kappa shape index (κ3) is 5.65. The highest BCUT2D eigenvalue weighted by atomic mass is 35.5. The van der Waals surface area contributed by atoms with Crippen molar-refractivity contribution in [2.45, 2.75) is 57.8 Å². The van der Waals surface area contributed by atoms with Crippen molar-refractivity contribution >= 4 is 11.6 Å². The molecule has 170 valence electrons. The Kier molecular flexibility index (Phi) is 7.61. The third-order valence-corrected chi connectivity index (χ3v) is 6.95. The number of aliphatic hydroxyl groups excluding tert-OH is 1. The average Bonchev–Trinajstić information content (AvgIpc) is 3.23. The van der Waals surface area contributed by atoms with Crippen LogP contribution in [0, 0.1) is 0 Å². The number of nitrogens with zero attached hydrogens (tertiary/aromatic N) is 5. The van der Waals surface area contributed by atoms with E-state index >= 15 is 0 Å². The van der Waals surface area contributed by atoms with Crippen LogP contribution in [0.15, 0.2) is 28.8 Å². The van der Waals surface area contributed by atoms with Crippen LogP contribution in [0.3, 0.4) is 0 Å². The highest BCUT2D eigenvalue weighted by molar-refractivity contribution is 6.30. The number of halogens is 1. The molecule has 0 unspecified atom stereocenters. The molecule has 8 heteroatoms. The Balaban J connectivity index is 1.35. The molecule has 1 N–H and O–H groups in total. The molecular weight excluding hydrogens is 414 g/mol. The summed E-state index contributed by atoms with van der Waals surface area (Å²) in [4.78, 5) is 12.2. The molecule has 0 saturated carbocycles. The summed E-state index contributed by atoms with van der Waals surface area (Å²) in [7, 11) is 0. The van der Waals surface area contributed by atoms with E-state index in [1.54, 1.807) is 0 Å². The second-order valence-electron chi connectivity index (χ2n) is 9.02. The Morgan fingerprint density at radius 2 is 1.87 bits per heavy atom. The van der Waals surface area contributed by atoms with Gasteiger partial charge in [0.05, 0.1) is 6.54 Å². The van der Waals surface area contributed by atoms with Gasteiger partial charge >= 0.3 is 0 Å². The summed E-state index contributed by atoms with van der Waals surface area (Å²) in [5.41, 5.74) is 0.898. The van der Waals surface area contributed by atoms with Gasteiger partial charge in [-0.25, -0.2) is 0 Å². The molecule has 1 aromatic heterocycles. The highest BCUT2D eigenvalue weighted by Crippen LogP contribution is 2.25. The lowest BCUT2D eigenvalue weighted by molar-refractivity contribution is -0.00247. The van der Waals surface area contributed by atoms with Gasteiger partial charge in [-0.05, 0) is 70.5 Å². The van der Waals surface area contributed by atoms with Crippen LogP contribution in [0.25, 0.3) is 11.4 Å². The van der Waals surface area contributed by atoms with Crippen LogP contribution in [0.1, 0.15) is 39.0 Å². The molecule has 31 heavy (non-hydrogen) atoms. The predicted molar refractivity (Wildman–Crippen MR) is 122 cm³/mol. The number of piperidine rings is 1. The minimum atomic E-state index is 0.223. The molecule has 0 aliphatic carbocycles. The zero-order valence-corrected chi connectivity index (χ0v) is 19.3. The van der Waals surface area contributed by atoms with E-state index in [0.29, 0.717) is 41.4 Å². The molecule has 3 heterocycles. The zero-order valence-electron chi connectivity index (χ0n) is 18.6. The van der Waals surface area contributed by atoms with Crippen LogP contribution in [-0.2, 0) is 6.54 Å². The first-order valence-electron chi connectivity index (χ1n) is 11.4. The van der Waals surface area contributed by atoms with Gasteiger partial charge in [-0.15, -0.1) is 0 Å². The van der Waals surface area contributed by atoms with Crippen LogP contribution in [-0.4, -0.2) is 87.4 Å². The quantitative estimate of drug-likeness (QED) is 0.699. The van der Waals surface area contributed by atoms with Crippen molar-refractivity contribution < 1.29 is 9.63 Å². The van der Waals surface area contributed by atoms with Gasteiger partial charge in [-0.2, -0.15) is 4.98 Å². The maximum absolute atomic E-state index is 9.67. The van der Waals surface area contributed by atoms with Crippen molar-refractivity contribution in [2.75, 3.05) is 39.3 Å². The van der Waals surface area contributed by atoms with Crippen molar-refractivity contribution in [3.8, 4) is 11.4 Å². The molecular formula is C23H34ClN5O2. The van der Waals surface area contributed by atoms with Gasteiger partial charge in [0.2, 0.25) is 11.7 Å². The topological polar surface area (TPSA) is 68.9 Å². The number of rotatable bonds is 7. The van der Waals surface area contributed by atoms with Crippen molar-refractivity contribution in [3.63, 3.8) is 0 Å². The van der Waals surface area contributed by atoms with Crippen molar-refractivity contribution in [1.82, 2.24) is 24.8 Å². The van der Waals surface area contributed by atoms with Crippen LogP contribution >= 0.6 is 11.6 Å². The van der Waals surface area contributed by atoms with Gasteiger partial charge in [0.15, 0.2) is 0 Å². The average molecular weight is 448 g/mol. The third-order valence-electron chi connectivity index (χ3n) is 6.70.